The number of hydrogen-bond donors (Lipinski definition) is 1. The molecule has 1 rings (SSSR count). The number of rotatable bonds is 7. The third-order valence-electron chi connectivity index (χ3n) is 2.14. The first-order chi connectivity index (χ1) is 8.06. The number of carboxylic acid groups (broad SMARTS) is 1. The van der Waals surface area contributed by atoms with Gasteiger partial charge in [-0.2, -0.15) is 0 Å². The Kier molecular flexibility index (Phi) is 4.96. The summed E-state index contributed by atoms with van der Waals surface area (Å²) in [5.41, 5.74) is 0.0230. The fourth-order valence-corrected chi connectivity index (χ4v) is 1.32. The van der Waals surface area contributed by atoms with Crippen molar-refractivity contribution in [3.63, 3.8) is 0 Å². The van der Waals surface area contributed by atoms with Crippen LogP contribution in [0.15, 0.2) is 4.52 Å². The van der Waals surface area contributed by atoms with E-state index >= 15 is 0 Å². The molecule has 0 bridgehead atoms. The van der Waals surface area contributed by atoms with Gasteiger partial charge in [-0.25, -0.2) is 4.79 Å². The molecular weight excluding hydrogens is 224 g/mol. The largest absolute Gasteiger partial charge is 0.477 e. The first-order valence-electron chi connectivity index (χ1n) is 5.55. The minimum atomic E-state index is -1.07. The summed E-state index contributed by atoms with van der Waals surface area (Å²) < 4.78 is 10.3. The summed E-state index contributed by atoms with van der Waals surface area (Å²) in [6, 6.07) is 0. The summed E-state index contributed by atoms with van der Waals surface area (Å²) in [7, 11) is 3.65. The molecule has 17 heavy (non-hydrogen) atoms. The van der Waals surface area contributed by atoms with Gasteiger partial charge in [0, 0.05) is 0 Å². The molecule has 0 saturated carbocycles. The number of carbonyl (C=O) groups is 1. The van der Waals surface area contributed by atoms with Crippen molar-refractivity contribution in [2.75, 3.05) is 20.7 Å². The Hall–Kier alpha value is -1.56. The molecule has 1 N–H and O–H groups in total. The third kappa shape index (κ3) is 3.74. The van der Waals surface area contributed by atoms with E-state index in [1.54, 1.807) is 0 Å². The van der Waals surface area contributed by atoms with E-state index in [4.69, 9.17) is 14.4 Å². The minimum Gasteiger partial charge on any atom is -0.477 e. The maximum absolute atomic E-state index is 11.1. The number of aromatic carboxylic acids is 1. The molecule has 0 aliphatic heterocycles. The Morgan fingerprint density at radius 3 is 2.76 bits per heavy atom. The lowest BCUT2D eigenvalue weighted by Crippen LogP contribution is -2.13. The van der Waals surface area contributed by atoms with E-state index in [0.717, 1.165) is 12.8 Å². The van der Waals surface area contributed by atoms with Crippen molar-refractivity contribution in [2.45, 2.75) is 26.3 Å². The van der Waals surface area contributed by atoms with Crippen LogP contribution < -0.4 is 4.74 Å². The SMILES string of the molecule is CCCCOc1noc(CN(C)C)c1C(=O)O. The molecule has 0 atom stereocenters. The van der Waals surface area contributed by atoms with E-state index < -0.39 is 5.97 Å². The van der Waals surface area contributed by atoms with Gasteiger partial charge >= 0.3 is 5.97 Å². The number of ether oxygens (including phenoxy) is 1. The van der Waals surface area contributed by atoms with Crippen LogP contribution in [0.2, 0.25) is 0 Å². The average molecular weight is 242 g/mol. The Morgan fingerprint density at radius 1 is 1.53 bits per heavy atom. The molecule has 96 valence electrons. The zero-order valence-corrected chi connectivity index (χ0v) is 10.4. The summed E-state index contributed by atoms with van der Waals surface area (Å²) in [6.07, 6.45) is 1.83. The van der Waals surface area contributed by atoms with Gasteiger partial charge < -0.3 is 19.3 Å². The molecule has 0 spiro atoms. The topological polar surface area (TPSA) is 75.8 Å². The Bertz CT molecular complexity index is 374. The Labute approximate surface area is 100 Å². The number of hydrogen-bond acceptors (Lipinski definition) is 5. The smallest absolute Gasteiger partial charge is 0.345 e. The highest BCUT2D eigenvalue weighted by Gasteiger charge is 2.24. The van der Waals surface area contributed by atoms with Crippen LogP contribution in [-0.2, 0) is 6.54 Å². The van der Waals surface area contributed by atoms with Crippen LogP contribution in [0.1, 0.15) is 35.9 Å². The Balaban J connectivity index is 2.82. The van der Waals surface area contributed by atoms with Crippen molar-refractivity contribution >= 4 is 5.97 Å². The van der Waals surface area contributed by atoms with Gasteiger partial charge in [0.15, 0.2) is 11.3 Å². The first-order valence-corrected chi connectivity index (χ1v) is 5.55. The molecule has 1 heterocycles. The molecule has 6 nitrogen and oxygen atoms in total. The van der Waals surface area contributed by atoms with Crippen molar-refractivity contribution in [1.82, 2.24) is 10.1 Å². The van der Waals surface area contributed by atoms with E-state index in [0.29, 0.717) is 18.9 Å². The van der Waals surface area contributed by atoms with E-state index in [2.05, 4.69) is 5.16 Å². The van der Waals surface area contributed by atoms with Crippen molar-refractivity contribution in [1.29, 1.82) is 0 Å². The van der Waals surface area contributed by atoms with Gasteiger partial charge in [-0.3, -0.25) is 0 Å². The average Bonchev–Trinajstić information content (AvgIpc) is 2.60. The second-order valence-electron chi connectivity index (χ2n) is 4.03. The molecule has 0 aromatic carbocycles. The van der Waals surface area contributed by atoms with Gasteiger partial charge in [0.1, 0.15) is 0 Å². The van der Waals surface area contributed by atoms with Crippen molar-refractivity contribution in [3.8, 4) is 5.88 Å². The van der Waals surface area contributed by atoms with Crippen LogP contribution in [0.3, 0.4) is 0 Å². The summed E-state index contributed by atoms with van der Waals surface area (Å²) in [5, 5.41) is 12.8. The highest BCUT2D eigenvalue weighted by atomic mass is 16.5. The van der Waals surface area contributed by atoms with E-state index in [9.17, 15) is 4.79 Å². The molecular formula is C11H18N2O4. The minimum absolute atomic E-state index is 0.0230. The van der Waals surface area contributed by atoms with Crippen LogP contribution in [0.5, 0.6) is 5.88 Å². The van der Waals surface area contributed by atoms with Gasteiger partial charge in [0.25, 0.3) is 5.88 Å². The molecule has 1 aromatic rings. The highest BCUT2D eigenvalue weighted by molar-refractivity contribution is 5.91. The number of nitrogens with zero attached hydrogens (tertiary/aromatic N) is 2. The molecule has 1 aromatic heterocycles. The molecule has 6 heteroatoms. The molecule has 0 unspecified atom stereocenters. The van der Waals surface area contributed by atoms with Crippen LogP contribution >= 0.6 is 0 Å². The number of carboxylic acids is 1. The lowest BCUT2D eigenvalue weighted by atomic mass is 10.2. The zero-order chi connectivity index (χ0) is 12.8. The number of aromatic nitrogens is 1. The molecule has 0 saturated heterocycles. The zero-order valence-electron chi connectivity index (χ0n) is 10.4. The molecule has 0 aliphatic carbocycles. The van der Waals surface area contributed by atoms with Gasteiger partial charge in [0.2, 0.25) is 0 Å². The molecule has 0 aliphatic rings. The summed E-state index contributed by atoms with van der Waals surface area (Å²) in [4.78, 5) is 12.9. The standard InChI is InChI=1S/C11H18N2O4/c1-4-5-6-16-10-9(11(14)15)8(17-12-10)7-13(2)3/h4-7H2,1-3H3,(H,14,15). The van der Waals surface area contributed by atoms with Crippen molar-refractivity contribution < 1.29 is 19.2 Å². The van der Waals surface area contributed by atoms with Crippen LogP contribution in [0.25, 0.3) is 0 Å². The van der Waals surface area contributed by atoms with Gasteiger partial charge in [-0.05, 0) is 25.7 Å². The predicted octanol–water partition coefficient (Wildman–Crippen LogP) is 1.61. The van der Waals surface area contributed by atoms with E-state index in [-0.39, 0.29) is 11.4 Å². The van der Waals surface area contributed by atoms with Crippen LogP contribution in [-0.4, -0.2) is 41.8 Å². The van der Waals surface area contributed by atoms with Gasteiger partial charge in [-0.15, -0.1) is 0 Å². The molecule has 0 fully saturated rings. The van der Waals surface area contributed by atoms with Crippen molar-refractivity contribution in [2.24, 2.45) is 0 Å². The fourth-order valence-electron chi connectivity index (χ4n) is 1.32. The maximum Gasteiger partial charge on any atom is 0.345 e. The predicted molar refractivity (Wildman–Crippen MR) is 61.3 cm³/mol. The van der Waals surface area contributed by atoms with Gasteiger partial charge in [-0.1, -0.05) is 13.3 Å². The second-order valence-corrected chi connectivity index (χ2v) is 4.03. The fraction of sp³-hybridized carbons (Fsp3) is 0.636. The molecule has 0 amide bonds. The van der Waals surface area contributed by atoms with Gasteiger partial charge in [0.05, 0.1) is 13.2 Å². The quantitative estimate of drug-likeness (QED) is 0.732. The van der Waals surface area contributed by atoms with Crippen LogP contribution in [0, 0.1) is 0 Å². The number of unbranched alkanes of at least 4 members (excludes halogenated alkanes) is 1. The van der Waals surface area contributed by atoms with Crippen LogP contribution in [0.4, 0.5) is 0 Å². The lowest BCUT2D eigenvalue weighted by Gasteiger charge is -2.06. The van der Waals surface area contributed by atoms with E-state index in [1.165, 1.54) is 0 Å². The van der Waals surface area contributed by atoms with E-state index in [1.807, 2.05) is 25.9 Å². The summed E-state index contributed by atoms with van der Waals surface area (Å²) in [5.74, 6) is -0.689. The normalized spacial score (nSPS) is 10.8. The maximum atomic E-state index is 11.1. The summed E-state index contributed by atoms with van der Waals surface area (Å²) >= 11 is 0. The monoisotopic (exact) mass is 242 g/mol. The summed E-state index contributed by atoms with van der Waals surface area (Å²) in [6.45, 7) is 2.86. The third-order valence-corrected chi connectivity index (χ3v) is 2.14. The molecule has 0 radical (unpaired) electrons. The highest BCUT2D eigenvalue weighted by Crippen LogP contribution is 2.22. The lowest BCUT2D eigenvalue weighted by molar-refractivity contribution is 0.0689. The van der Waals surface area contributed by atoms with Crippen molar-refractivity contribution in [3.05, 3.63) is 11.3 Å². The first kappa shape index (κ1) is 13.5. The Morgan fingerprint density at radius 2 is 2.24 bits per heavy atom. The second kappa shape index (κ2) is 6.24.